The lowest BCUT2D eigenvalue weighted by atomic mass is 9.81. The minimum Gasteiger partial charge on any atom is -0.372 e. The molecule has 0 radical (unpaired) electrons. The van der Waals surface area contributed by atoms with Gasteiger partial charge in [-0.1, -0.05) is 67.3 Å². The number of allylic oxidation sites excluding steroid dienone is 1. The molecule has 3 nitrogen and oxygen atoms in total. The second kappa shape index (κ2) is 8.33. The van der Waals surface area contributed by atoms with Crippen molar-refractivity contribution in [3.63, 3.8) is 0 Å². The number of rotatable bonds is 6. The van der Waals surface area contributed by atoms with Crippen molar-refractivity contribution in [2.75, 3.05) is 12.4 Å². The summed E-state index contributed by atoms with van der Waals surface area (Å²) in [5, 5.41) is 3.47. The maximum absolute atomic E-state index is 12.9. The number of para-hydroxylation sites is 1. The Bertz CT molecular complexity index is 757. The summed E-state index contributed by atoms with van der Waals surface area (Å²) < 4.78 is 5.99. The number of hydrogen-bond donors (Lipinski definition) is 1. The molecular formula is C23H27NO2. The Morgan fingerprint density at radius 1 is 1.00 bits per heavy atom. The monoisotopic (exact) mass is 349 g/mol. The number of nitrogens with one attached hydrogen (secondary N) is 1. The van der Waals surface area contributed by atoms with Crippen molar-refractivity contribution in [2.45, 2.75) is 44.6 Å². The van der Waals surface area contributed by atoms with Gasteiger partial charge in [0.1, 0.15) is 5.60 Å². The number of anilines is 1. The summed E-state index contributed by atoms with van der Waals surface area (Å²) in [5.41, 5.74) is 3.25. The van der Waals surface area contributed by atoms with Crippen molar-refractivity contribution in [2.24, 2.45) is 0 Å². The SMILES string of the molecule is COC1(/C(=C\C(=O)c2ccc(C)cc2)Nc2ccccc2)CCCCC1. The van der Waals surface area contributed by atoms with Crippen LogP contribution >= 0.6 is 0 Å². The first-order valence-electron chi connectivity index (χ1n) is 9.33. The van der Waals surface area contributed by atoms with E-state index in [0.29, 0.717) is 5.56 Å². The third-order valence-electron chi connectivity index (χ3n) is 5.21. The third-order valence-corrected chi connectivity index (χ3v) is 5.21. The average molecular weight is 349 g/mol. The molecular weight excluding hydrogens is 322 g/mol. The number of carbonyl (C=O) groups is 1. The molecule has 0 aromatic heterocycles. The van der Waals surface area contributed by atoms with Gasteiger partial charge in [0.05, 0.1) is 5.70 Å². The Morgan fingerprint density at radius 3 is 2.27 bits per heavy atom. The van der Waals surface area contributed by atoms with E-state index in [0.717, 1.165) is 42.6 Å². The fourth-order valence-corrected chi connectivity index (χ4v) is 3.60. The van der Waals surface area contributed by atoms with Gasteiger partial charge >= 0.3 is 0 Å². The van der Waals surface area contributed by atoms with Gasteiger partial charge in [-0.3, -0.25) is 4.79 Å². The first kappa shape index (κ1) is 18.4. The summed E-state index contributed by atoms with van der Waals surface area (Å²) >= 11 is 0. The molecule has 1 saturated carbocycles. The quantitative estimate of drug-likeness (QED) is 0.551. The Balaban J connectivity index is 1.95. The summed E-state index contributed by atoms with van der Waals surface area (Å²) in [6, 6.07) is 17.7. The molecule has 1 aliphatic carbocycles. The Morgan fingerprint density at radius 2 is 1.65 bits per heavy atom. The van der Waals surface area contributed by atoms with Gasteiger partial charge < -0.3 is 10.1 Å². The molecule has 0 bridgehead atoms. The highest BCUT2D eigenvalue weighted by molar-refractivity contribution is 6.05. The lowest BCUT2D eigenvalue weighted by Gasteiger charge is -2.38. The average Bonchev–Trinajstić information content (AvgIpc) is 2.69. The van der Waals surface area contributed by atoms with E-state index in [1.165, 1.54) is 6.42 Å². The third kappa shape index (κ3) is 4.23. The van der Waals surface area contributed by atoms with Gasteiger partial charge in [-0.15, -0.1) is 0 Å². The van der Waals surface area contributed by atoms with Crippen molar-refractivity contribution in [1.29, 1.82) is 0 Å². The molecule has 0 heterocycles. The number of aryl methyl sites for hydroxylation is 1. The van der Waals surface area contributed by atoms with Crippen LogP contribution in [0.1, 0.15) is 48.0 Å². The van der Waals surface area contributed by atoms with Gasteiger partial charge in [-0.25, -0.2) is 0 Å². The molecule has 3 heteroatoms. The van der Waals surface area contributed by atoms with E-state index in [4.69, 9.17) is 4.74 Å². The fraction of sp³-hybridized carbons (Fsp3) is 0.348. The van der Waals surface area contributed by atoms with E-state index in [9.17, 15) is 4.79 Å². The van der Waals surface area contributed by atoms with Gasteiger partial charge in [0.15, 0.2) is 5.78 Å². The second-order valence-corrected chi connectivity index (χ2v) is 7.04. The molecule has 26 heavy (non-hydrogen) atoms. The number of hydrogen-bond acceptors (Lipinski definition) is 3. The zero-order valence-corrected chi connectivity index (χ0v) is 15.6. The van der Waals surface area contributed by atoms with Crippen molar-refractivity contribution in [3.05, 3.63) is 77.5 Å². The molecule has 2 aromatic carbocycles. The van der Waals surface area contributed by atoms with E-state index in [-0.39, 0.29) is 5.78 Å². The van der Waals surface area contributed by atoms with Crippen molar-refractivity contribution >= 4 is 11.5 Å². The molecule has 0 atom stereocenters. The molecule has 0 amide bonds. The normalized spacial score (nSPS) is 16.9. The lowest BCUT2D eigenvalue weighted by molar-refractivity contribution is -0.00712. The first-order valence-corrected chi connectivity index (χ1v) is 9.33. The van der Waals surface area contributed by atoms with Crippen LogP contribution in [0.2, 0.25) is 0 Å². The van der Waals surface area contributed by atoms with Crippen LogP contribution in [0, 0.1) is 6.92 Å². The number of benzene rings is 2. The van der Waals surface area contributed by atoms with Crippen LogP contribution in [0.5, 0.6) is 0 Å². The number of ether oxygens (including phenoxy) is 1. The standard InChI is InChI=1S/C23H27NO2/c1-18-11-13-19(14-12-18)21(25)17-22(24-20-9-5-3-6-10-20)23(26-2)15-7-4-8-16-23/h3,5-6,9-14,17,24H,4,7-8,15-16H2,1-2H3/b22-17+. The zero-order chi connectivity index (χ0) is 18.4. The maximum atomic E-state index is 12.9. The summed E-state index contributed by atoms with van der Waals surface area (Å²) in [5.74, 6) is 0.00503. The number of methoxy groups -OCH3 is 1. The summed E-state index contributed by atoms with van der Waals surface area (Å²) in [7, 11) is 1.75. The molecule has 0 saturated heterocycles. The molecule has 2 aromatic rings. The van der Waals surface area contributed by atoms with Crippen molar-refractivity contribution in [1.82, 2.24) is 0 Å². The van der Waals surface area contributed by atoms with Gasteiger partial charge in [0.2, 0.25) is 0 Å². The molecule has 0 unspecified atom stereocenters. The highest BCUT2D eigenvalue weighted by Gasteiger charge is 2.36. The zero-order valence-electron chi connectivity index (χ0n) is 15.6. The van der Waals surface area contributed by atoms with Crippen LogP contribution < -0.4 is 5.32 Å². The maximum Gasteiger partial charge on any atom is 0.187 e. The number of carbonyl (C=O) groups excluding carboxylic acids is 1. The Hall–Kier alpha value is -2.39. The Labute approximate surface area is 156 Å². The minimum atomic E-state index is -0.422. The number of ketones is 1. The van der Waals surface area contributed by atoms with E-state index in [1.807, 2.05) is 61.5 Å². The smallest absolute Gasteiger partial charge is 0.187 e. The van der Waals surface area contributed by atoms with Crippen LogP contribution in [0.15, 0.2) is 66.4 Å². The summed E-state index contributed by atoms with van der Waals surface area (Å²) in [6.07, 6.45) is 7.02. The van der Waals surface area contributed by atoms with Crippen LogP contribution in [-0.2, 0) is 4.74 Å². The topological polar surface area (TPSA) is 38.3 Å². The van der Waals surface area contributed by atoms with E-state index >= 15 is 0 Å². The van der Waals surface area contributed by atoms with Gasteiger partial charge in [0.25, 0.3) is 0 Å². The first-order chi connectivity index (χ1) is 12.6. The minimum absolute atomic E-state index is 0.00503. The van der Waals surface area contributed by atoms with Crippen LogP contribution in [0.4, 0.5) is 5.69 Å². The van der Waals surface area contributed by atoms with Gasteiger partial charge in [-0.05, 0) is 31.9 Å². The van der Waals surface area contributed by atoms with Crippen LogP contribution in [-0.4, -0.2) is 18.5 Å². The van der Waals surface area contributed by atoms with E-state index in [2.05, 4.69) is 5.32 Å². The molecule has 1 N–H and O–H groups in total. The van der Waals surface area contributed by atoms with Gasteiger partial charge in [-0.2, -0.15) is 0 Å². The Kier molecular flexibility index (Phi) is 5.89. The molecule has 136 valence electrons. The lowest BCUT2D eigenvalue weighted by Crippen LogP contribution is -2.39. The molecule has 1 aliphatic rings. The van der Waals surface area contributed by atoms with Gasteiger partial charge in [0, 0.05) is 24.4 Å². The summed E-state index contributed by atoms with van der Waals surface area (Å²) in [4.78, 5) is 12.9. The second-order valence-electron chi connectivity index (χ2n) is 7.04. The summed E-state index contributed by atoms with van der Waals surface area (Å²) in [6.45, 7) is 2.02. The molecule has 1 fully saturated rings. The van der Waals surface area contributed by atoms with E-state index < -0.39 is 5.60 Å². The fourth-order valence-electron chi connectivity index (χ4n) is 3.60. The van der Waals surface area contributed by atoms with Crippen LogP contribution in [0.25, 0.3) is 0 Å². The molecule has 0 aliphatic heterocycles. The van der Waals surface area contributed by atoms with Crippen molar-refractivity contribution in [3.8, 4) is 0 Å². The predicted molar refractivity (Wildman–Crippen MR) is 106 cm³/mol. The highest BCUT2D eigenvalue weighted by atomic mass is 16.5. The largest absolute Gasteiger partial charge is 0.372 e. The molecule has 3 rings (SSSR count). The van der Waals surface area contributed by atoms with E-state index in [1.54, 1.807) is 13.2 Å². The molecule has 0 spiro atoms. The highest BCUT2D eigenvalue weighted by Crippen LogP contribution is 2.37. The van der Waals surface area contributed by atoms with Crippen molar-refractivity contribution < 1.29 is 9.53 Å². The van der Waals surface area contributed by atoms with Crippen LogP contribution in [0.3, 0.4) is 0 Å². The predicted octanol–water partition coefficient (Wildman–Crippen LogP) is 5.52.